The van der Waals surface area contributed by atoms with E-state index in [2.05, 4.69) is 6.07 Å². The average molecular weight is 207 g/mol. The molecule has 0 aliphatic carbocycles. The van der Waals surface area contributed by atoms with E-state index in [9.17, 15) is 0 Å². The molecule has 72 valence electrons. The number of rotatable bonds is 2. The maximum absolute atomic E-state index is 8.66. The first-order valence-corrected chi connectivity index (χ1v) is 5.41. The molecule has 1 heterocycles. The molecule has 0 amide bonds. The summed E-state index contributed by atoms with van der Waals surface area (Å²) < 4.78 is 10.6. The zero-order chi connectivity index (χ0) is 9.97. The summed E-state index contributed by atoms with van der Waals surface area (Å²) in [6.07, 6.45) is 2.38. The highest BCUT2D eigenvalue weighted by atomic mass is 32.2. The van der Waals surface area contributed by atoms with E-state index < -0.39 is 0 Å². The Bertz CT molecular complexity index is 398. The fourth-order valence-corrected chi connectivity index (χ4v) is 2.18. The van der Waals surface area contributed by atoms with Crippen molar-refractivity contribution < 1.29 is 9.47 Å². The highest BCUT2D eigenvalue weighted by Gasteiger charge is 2.19. The second-order valence-electron chi connectivity index (χ2n) is 2.83. The van der Waals surface area contributed by atoms with E-state index in [4.69, 9.17) is 14.7 Å². The SMILES string of the molecule is CSc1c(CC#N)ccc2c1OCO2. The summed E-state index contributed by atoms with van der Waals surface area (Å²) in [6, 6.07) is 5.92. The van der Waals surface area contributed by atoms with Crippen LogP contribution in [-0.4, -0.2) is 13.0 Å². The molecule has 0 radical (unpaired) electrons. The largest absolute Gasteiger partial charge is 0.454 e. The molecule has 0 saturated carbocycles. The van der Waals surface area contributed by atoms with Crippen LogP contribution in [0.25, 0.3) is 0 Å². The van der Waals surface area contributed by atoms with Crippen molar-refractivity contribution in [2.45, 2.75) is 11.3 Å². The van der Waals surface area contributed by atoms with Crippen LogP contribution in [0.3, 0.4) is 0 Å². The van der Waals surface area contributed by atoms with Crippen molar-refractivity contribution in [3.05, 3.63) is 17.7 Å². The Morgan fingerprint density at radius 1 is 1.50 bits per heavy atom. The highest BCUT2D eigenvalue weighted by molar-refractivity contribution is 7.98. The smallest absolute Gasteiger partial charge is 0.231 e. The lowest BCUT2D eigenvalue weighted by molar-refractivity contribution is 0.172. The van der Waals surface area contributed by atoms with Crippen LogP contribution in [0.2, 0.25) is 0 Å². The molecular weight excluding hydrogens is 198 g/mol. The summed E-state index contributed by atoms with van der Waals surface area (Å²) >= 11 is 1.58. The van der Waals surface area contributed by atoms with E-state index in [1.54, 1.807) is 11.8 Å². The van der Waals surface area contributed by atoms with E-state index >= 15 is 0 Å². The first kappa shape index (κ1) is 9.22. The molecule has 1 aromatic rings. The topological polar surface area (TPSA) is 42.2 Å². The predicted octanol–water partition coefficient (Wildman–Crippen LogP) is 2.20. The third-order valence-corrected chi connectivity index (χ3v) is 2.90. The molecule has 0 aromatic heterocycles. The lowest BCUT2D eigenvalue weighted by Crippen LogP contribution is -1.94. The van der Waals surface area contributed by atoms with Crippen LogP contribution in [0.5, 0.6) is 11.5 Å². The second kappa shape index (κ2) is 3.81. The van der Waals surface area contributed by atoms with Gasteiger partial charge in [0.15, 0.2) is 11.5 Å². The first-order chi connectivity index (χ1) is 6.86. The van der Waals surface area contributed by atoms with Crippen molar-refractivity contribution in [2.75, 3.05) is 13.0 Å². The molecule has 0 saturated heterocycles. The van der Waals surface area contributed by atoms with Gasteiger partial charge in [0.25, 0.3) is 0 Å². The van der Waals surface area contributed by atoms with Gasteiger partial charge in [-0.15, -0.1) is 11.8 Å². The third kappa shape index (κ3) is 1.40. The van der Waals surface area contributed by atoms with Crippen molar-refractivity contribution in [3.63, 3.8) is 0 Å². The van der Waals surface area contributed by atoms with Crippen molar-refractivity contribution in [3.8, 4) is 17.6 Å². The molecule has 3 nitrogen and oxygen atoms in total. The Hall–Kier alpha value is -1.34. The molecule has 0 atom stereocenters. The predicted molar refractivity (Wildman–Crippen MR) is 53.7 cm³/mol. The van der Waals surface area contributed by atoms with Crippen molar-refractivity contribution in [2.24, 2.45) is 0 Å². The molecule has 0 bridgehead atoms. The fraction of sp³-hybridized carbons (Fsp3) is 0.300. The normalized spacial score (nSPS) is 12.6. The second-order valence-corrected chi connectivity index (χ2v) is 3.64. The monoisotopic (exact) mass is 207 g/mol. The minimum Gasteiger partial charge on any atom is -0.454 e. The van der Waals surface area contributed by atoms with E-state index in [0.717, 1.165) is 22.0 Å². The number of thioether (sulfide) groups is 1. The number of benzene rings is 1. The van der Waals surface area contributed by atoms with Gasteiger partial charge in [-0.2, -0.15) is 5.26 Å². The van der Waals surface area contributed by atoms with Gasteiger partial charge in [-0.05, 0) is 17.9 Å². The van der Waals surface area contributed by atoms with E-state index in [0.29, 0.717) is 6.42 Å². The van der Waals surface area contributed by atoms with Gasteiger partial charge in [0.2, 0.25) is 6.79 Å². The summed E-state index contributed by atoms with van der Waals surface area (Å²) in [7, 11) is 0. The Morgan fingerprint density at radius 2 is 2.36 bits per heavy atom. The van der Waals surface area contributed by atoms with Crippen molar-refractivity contribution >= 4 is 11.8 Å². The molecule has 1 aliphatic heterocycles. The number of nitriles is 1. The first-order valence-electron chi connectivity index (χ1n) is 4.19. The zero-order valence-electron chi connectivity index (χ0n) is 7.74. The van der Waals surface area contributed by atoms with E-state index in [1.165, 1.54) is 0 Å². The summed E-state index contributed by atoms with van der Waals surface area (Å²) in [5, 5.41) is 8.66. The van der Waals surface area contributed by atoms with Gasteiger partial charge in [0, 0.05) is 0 Å². The maximum atomic E-state index is 8.66. The molecule has 0 N–H and O–H groups in total. The molecule has 1 aliphatic rings. The number of nitrogens with zero attached hydrogens (tertiary/aromatic N) is 1. The Kier molecular flexibility index (Phi) is 2.51. The number of hydrogen-bond acceptors (Lipinski definition) is 4. The zero-order valence-corrected chi connectivity index (χ0v) is 8.56. The van der Waals surface area contributed by atoms with Crippen LogP contribution in [0.15, 0.2) is 17.0 Å². The molecule has 4 heteroatoms. The van der Waals surface area contributed by atoms with Gasteiger partial charge in [0.05, 0.1) is 17.4 Å². The quantitative estimate of drug-likeness (QED) is 0.697. The van der Waals surface area contributed by atoms with Crippen LogP contribution < -0.4 is 9.47 Å². The Labute approximate surface area is 86.6 Å². The highest BCUT2D eigenvalue weighted by Crippen LogP contribution is 2.42. The Morgan fingerprint density at radius 3 is 3.07 bits per heavy atom. The molecule has 2 rings (SSSR count). The lowest BCUT2D eigenvalue weighted by Gasteiger charge is -2.06. The van der Waals surface area contributed by atoms with Crippen molar-refractivity contribution in [1.82, 2.24) is 0 Å². The van der Waals surface area contributed by atoms with Crippen LogP contribution >= 0.6 is 11.8 Å². The summed E-state index contributed by atoms with van der Waals surface area (Å²) in [5.41, 5.74) is 1.00. The number of ether oxygens (including phenoxy) is 2. The van der Waals surface area contributed by atoms with E-state index in [1.807, 2.05) is 18.4 Å². The van der Waals surface area contributed by atoms with Crippen LogP contribution in [0, 0.1) is 11.3 Å². The summed E-state index contributed by atoms with van der Waals surface area (Å²) in [6.45, 7) is 0.277. The standard InChI is InChI=1S/C10H9NO2S/c1-14-10-7(4-5-11)2-3-8-9(10)13-6-12-8/h2-3H,4,6H2,1H3. The average Bonchev–Trinajstić information content (AvgIpc) is 2.66. The maximum Gasteiger partial charge on any atom is 0.231 e. The fourth-order valence-electron chi connectivity index (χ4n) is 1.44. The number of fused-ring (bicyclic) bond motifs is 1. The molecular formula is C10H9NO2S. The van der Waals surface area contributed by atoms with Crippen LogP contribution in [0.1, 0.15) is 5.56 Å². The minimum atomic E-state index is 0.277. The van der Waals surface area contributed by atoms with E-state index in [-0.39, 0.29) is 6.79 Å². The van der Waals surface area contributed by atoms with Gasteiger partial charge in [-0.25, -0.2) is 0 Å². The molecule has 0 spiro atoms. The summed E-state index contributed by atoms with van der Waals surface area (Å²) in [5.74, 6) is 1.56. The van der Waals surface area contributed by atoms with Crippen LogP contribution in [0.4, 0.5) is 0 Å². The molecule has 14 heavy (non-hydrogen) atoms. The molecule has 0 fully saturated rings. The summed E-state index contributed by atoms with van der Waals surface area (Å²) in [4.78, 5) is 1.02. The van der Waals surface area contributed by atoms with Gasteiger partial charge in [0.1, 0.15) is 0 Å². The van der Waals surface area contributed by atoms with Gasteiger partial charge < -0.3 is 9.47 Å². The van der Waals surface area contributed by atoms with Crippen LogP contribution in [-0.2, 0) is 6.42 Å². The number of hydrogen-bond donors (Lipinski definition) is 0. The molecule has 1 aromatic carbocycles. The van der Waals surface area contributed by atoms with Gasteiger partial charge in [-0.1, -0.05) is 6.07 Å². The minimum absolute atomic E-state index is 0.277. The Balaban J connectivity index is 2.49. The van der Waals surface area contributed by atoms with Gasteiger partial charge >= 0.3 is 0 Å². The van der Waals surface area contributed by atoms with Gasteiger partial charge in [-0.3, -0.25) is 0 Å². The lowest BCUT2D eigenvalue weighted by atomic mass is 10.1. The van der Waals surface area contributed by atoms with Crippen molar-refractivity contribution in [1.29, 1.82) is 5.26 Å². The molecule has 0 unspecified atom stereocenters. The third-order valence-electron chi connectivity index (χ3n) is 2.05.